The molecule has 0 bridgehead atoms. The van der Waals surface area contributed by atoms with Crippen molar-refractivity contribution in [2.45, 2.75) is 26.8 Å². The number of nitrogens with zero attached hydrogens (tertiary/aromatic N) is 2. The molecule has 0 amide bonds. The first kappa shape index (κ1) is 14.0. The highest BCUT2D eigenvalue weighted by atomic mass is 16.5. The molecule has 20 heavy (non-hydrogen) atoms. The molecular formula is C14H17N3O3. The van der Waals surface area contributed by atoms with Crippen LogP contribution in [0.3, 0.4) is 0 Å². The molecule has 0 saturated heterocycles. The fourth-order valence-corrected chi connectivity index (χ4v) is 1.67. The number of ether oxygens (including phenoxy) is 1. The van der Waals surface area contributed by atoms with E-state index in [4.69, 9.17) is 9.15 Å². The Hall–Kier alpha value is -2.37. The molecule has 0 aliphatic rings. The maximum atomic E-state index is 11.8. The van der Waals surface area contributed by atoms with E-state index < -0.39 is 5.97 Å². The van der Waals surface area contributed by atoms with Crippen LogP contribution in [0.5, 0.6) is 0 Å². The topological polar surface area (TPSA) is 77.2 Å². The molecule has 0 radical (unpaired) electrons. The van der Waals surface area contributed by atoms with Crippen LogP contribution in [0, 0.1) is 0 Å². The van der Waals surface area contributed by atoms with Crippen LogP contribution in [0.1, 0.15) is 35.9 Å². The number of anilines is 1. The zero-order valence-electron chi connectivity index (χ0n) is 11.5. The van der Waals surface area contributed by atoms with Gasteiger partial charge in [-0.15, -0.1) is 0 Å². The Morgan fingerprint density at radius 2 is 2.25 bits per heavy atom. The number of nitrogens with one attached hydrogen (secondary N) is 1. The van der Waals surface area contributed by atoms with Gasteiger partial charge >= 0.3 is 5.97 Å². The molecule has 2 aromatic rings. The van der Waals surface area contributed by atoms with Crippen LogP contribution in [0.4, 0.5) is 5.82 Å². The second-order valence-corrected chi connectivity index (χ2v) is 4.05. The second kappa shape index (κ2) is 6.70. The molecule has 6 nitrogen and oxygen atoms in total. The average molecular weight is 275 g/mol. The Bertz CT molecular complexity index is 581. The first-order chi connectivity index (χ1) is 9.74. The van der Waals surface area contributed by atoms with Crippen LogP contribution in [0.2, 0.25) is 0 Å². The molecule has 0 unspecified atom stereocenters. The number of hydrogen-bond acceptors (Lipinski definition) is 6. The highest BCUT2D eigenvalue weighted by Crippen LogP contribution is 2.14. The summed E-state index contributed by atoms with van der Waals surface area (Å²) < 4.78 is 10.5. The van der Waals surface area contributed by atoms with E-state index in [0.717, 1.165) is 12.2 Å². The number of oxazole rings is 1. The summed E-state index contributed by atoms with van der Waals surface area (Å²) in [6.07, 6.45) is 4.10. The number of hydrogen-bond donors (Lipinski definition) is 1. The number of carbonyl (C=O) groups is 1. The lowest BCUT2D eigenvalue weighted by molar-refractivity contribution is 0.0527. The first-order valence-electron chi connectivity index (χ1n) is 6.54. The SMILES string of the molecule is CCOC(=O)c1cccnc1NCc1ncc(CC)o1. The molecule has 6 heteroatoms. The minimum absolute atomic E-state index is 0.326. The first-order valence-corrected chi connectivity index (χ1v) is 6.54. The van der Waals surface area contributed by atoms with E-state index in [9.17, 15) is 4.79 Å². The van der Waals surface area contributed by atoms with Crippen molar-refractivity contribution in [3.05, 3.63) is 41.7 Å². The molecule has 1 N–H and O–H groups in total. The molecule has 106 valence electrons. The van der Waals surface area contributed by atoms with E-state index in [1.165, 1.54) is 0 Å². The normalized spacial score (nSPS) is 10.3. The van der Waals surface area contributed by atoms with Crippen LogP contribution >= 0.6 is 0 Å². The van der Waals surface area contributed by atoms with Gasteiger partial charge in [-0.25, -0.2) is 14.8 Å². The zero-order chi connectivity index (χ0) is 14.4. The van der Waals surface area contributed by atoms with Crippen LogP contribution < -0.4 is 5.32 Å². The maximum absolute atomic E-state index is 11.8. The predicted molar refractivity (Wildman–Crippen MR) is 73.4 cm³/mol. The van der Waals surface area contributed by atoms with Crippen molar-refractivity contribution < 1.29 is 13.9 Å². The van der Waals surface area contributed by atoms with Gasteiger partial charge in [0.2, 0.25) is 5.89 Å². The van der Waals surface area contributed by atoms with Crippen LogP contribution in [0.15, 0.2) is 28.9 Å². The smallest absolute Gasteiger partial charge is 0.341 e. The summed E-state index contributed by atoms with van der Waals surface area (Å²) in [5, 5.41) is 3.04. The Morgan fingerprint density at radius 1 is 1.40 bits per heavy atom. The summed E-state index contributed by atoms with van der Waals surface area (Å²) >= 11 is 0. The van der Waals surface area contributed by atoms with Gasteiger partial charge in [-0.05, 0) is 19.1 Å². The summed E-state index contributed by atoms with van der Waals surface area (Å²) in [6, 6.07) is 3.36. The summed E-state index contributed by atoms with van der Waals surface area (Å²) in [5.41, 5.74) is 0.400. The number of aryl methyl sites for hydroxylation is 1. The van der Waals surface area contributed by atoms with Gasteiger partial charge in [0.25, 0.3) is 0 Å². The molecule has 2 aromatic heterocycles. The van der Waals surface area contributed by atoms with Crippen molar-refractivity contribution in [2.75, 3.05) is 11.9 Å². The third kappa shape index (κ3) is 3.34. The molecule has 0 aliphatic carbocycles. The van der Waals surface area contributed by atoms with E-state index in [2.05, 4.69) is 15.3 Å². The van der Waals surface area contributed by atoms with Crippen molar-refractivity contribution in [2.24, 2.45) is 0 Å². The summed E-state index contributed by atoms with van der Waals surface area (Å²) in [7, 11) is 0. The van der Waals surface area contributed by atoms with E-state index in [-0.39, 0.29) is 0 Å². The lowest BCUT2D eigenvalue weighted by Gasteiger charge is -2.08. The predicted octanol–water partition coefficient (Wildman–Crippen LogP) is 2.42. The van der Waals surface area contributed by atoms with Crippen molar-refractivity contribution in [3.8, 4) is 0 Å². The van der Waals surface area contributed by atoms with E-state index in [0.29, 0.717) is 30.4 Å². The molecule has 2 heterocycles. The lowest BCUT2D eigenvalue weighted by Crippen LogP contribution is -2.11. The largest absolute Gasteiger partial charge is 0.462 e. The fraction of sp³-hybridized carbons (Fsp3) is 0.357. The molecule has 0 aliphatic heterocycles. The number of rotatable bonds is 6. The minimum Gasteiger partial charge on any atom is -0.462 e. The summed E-state index contributed by atoms with van der Waals surface area (Å²) in [4.78, 5) is 20.1. The van der Waals surface area contributed by atoms with Gasteiger partial charge in [0, 0.05) is 12.6 Å². The third-order valence-electron chi connectivity index (χ3n) is 2.66. The molecule has 0 atom stereocenters. The Balaban J connectivity index is 2.07. The third-order valence-corrected chi connectivity index (χ3v) is 2.66. The van der Waals surface area contributed by atoms with Crippen LogP contribution in [-0.4, -0.2) is 22.5 Å². The molecular weight excluding hydrogens is 258 g/mol. The molecule has 0 fully saturated rings. The highest BCUT2D eigenvalue weighted by molar-refractivity contribution is 5.94. The molecule has 0 spiro atoms. The van der Waals surface area contributed by atoms with Gasteiger partial charge in [0.15, 0.2) is 0 Å². The number of aromatic nitrogens is 2. The molecule has 2 rings (SSSR count). The monoisotopic (exact) mass is 275 g/mol. The van der Waals surface area contributed by atoms with E-state index in [1.807, 2.05) is 6.92 Å². The quantitative estimate of drug-likeness (QED) is 0.816. The van der Waals surface area contributed by atoms with Gasteiger partial charge in [0.1, 0.15) is 17.1 Å². The van der Waals surface area contributed by atoms with Gasteiger partial charge < -0.3 is 14.5 Å². The van der Waals surface area contributed by atoms with Gasteiger partial charge in [-0.1, -0.05) is 6.92 Å². The van der Waals surface area contributed by atoms with Crippen LogP contribution in [-0.2, 0) is 17.7 Å². The van der Waals surface area contributed by atoms with Crippen LogP contribution in [0.25, 0.3) is 0 Å². The van der Waals surface area contributed by atoms with Crippen molar-refractivity contribution >= 4 is 11.8 Å². The second-order valence-electron chi connectivity index (χ2n) is 4.05. The maximum Gasteiger partial charge on any atom is 0.341 e. The minimum atomic E-state index is -0.398. The van der Waals surface area contributed by atoms with Crippen molar-refractivity contribution in [1.29, 1.82) is 0 Å². The summed E-state index contributed by atoms with van der Waals surface area (Å²) in [5.74, 6) is 1.45. The van der Waals surface area contributed by atoms with Gasteiger partial charge in [-0.2, -0.15) is 0 Å². The fourth-order valence-electron chi connectivity index (χ4n) is 1.67. The van der Waals surface area contributed by atoms with Gasteiger partial charge in [-0.3, -0.25) is 0 Å². The van der Waals surface area contributed by atoms with Crippen molar-refractivity contribution in [3.63, 3.8) is 0 Å². The van der Waals surface area contributed by atoms with E-state index in [1.54, 1.807) is 31.5 Å². The average Bonchev–Trinajstić information content (AvgIpc) is 2.93. The summed E-state index contributed by atoms with van der Waals surface area (Å²) in [6.45, 7) is 4.45. The molecule has 0 aromatic carbocycles. The van der Waals surface area contributed by atoms with E-state index >= 15 is 0 Å². The number of pyridine rings is 1. The zero-order valence-corrected chi connectivity index (χ0v) is 11.5. The number of esters is 1. The molecule has 0 saturated carbocycles. The Morgan fingerprint density at radius 3 is 2.95 bits per heavy atom. The van der Waals surface area contributed by atoms with Crippen molar-refractivity contribution in [1.82, 2.24) is 9.97 Å². The lowest BCUT2D eigenvalue weighted by atomic mass is 10.2. The Kier molecular flexibility index (Phi) is 4.70. The standard InChI is InChI=1S/C14H17N3O3/c1-3-10-8-16-12(20-10)9-17-13-11(6-5-7-15-13)14(18)19-4-2/h5-8H,3-4,9H2,1-2H3,(H,15,17). The highest BCUT2D eigenvalue weighted by Gasteiger charge is 2.13. The number of carbonyl (C=O) groups excluding carboxylic acids is 1. The Labute approximate surface area is 117 Å². The van der Waals surface area contributed by atoms with Gasteiger partial charge in [0.05, 0.1) is 19.3 Å².